The van der Waals surface area contributed by atoms with Gasteiger partial charge >= 0.3 is 0 Å². The number of carbonyl (C=O) groups is 1. The topological polar surface area (TPSA) is 94.2 Å². The van der Waals surface area contributed by atoms with Crippen molar-refractivity contribution in [2.45, 2.75) is 57.5 Å². The second kappa shape index (κ2) is 7.46. The van der Waals surface area contributed by atoms with E-state index in [2.05, 4.69) is 14.8 Å². The second-order valence-electron chi connectivity index (χ2n) is 7.28. The number of hydrogen-bond acceptors (Lipinski definition) is 5. The number of nitrogens with zero attached hydrogens (tertiary/aromatic N) is 5. The van der Waals surface area contributed by atoms with Crippen LogP contribution in [-0.2, 0) is 24.2 Å². The van der Waals surface area contributed by atoms with E-state index in [1.165, 1.54) is 18.6 Å². The maximum absolute atomic E-state index is 12.9. The highest BCUT2D eigenvalue weighted by Gasteiger charge is 2.34. The van der Waals surface area contributed by atoms with Gasteiger partial charge in [0.05, 0.1) is 17.4 Å². The zero-order valence-corrected chi connectivity index (χ0v) is 15.2. The minimum Gasteiger partial charge on any atom is -0.332 e. The van der Waals surface area contributed by atoms with Crippen LogP contribution in [0.2, 0.25) is 0 Å². The number of likely N-dealkylation sites (tertiary alicyclic amines) is 1. The van der Waals surface area contributed by atoms with Crippen LogP contribution in [0.3, 0.4) is 0 Å². The van der Waals surface area contributed by atoms with Crippen LogP contribution in [0.4, 0.5) is 5.69 Å². The SMILES string of the molecule is O=C(Cc1ccc([N+](=O)[O-])cc1)N1CCC[C@H]1c1nnc2n1CCCCC2. The largest absolute Gasteiger partial charge is 0.332 e. The Morgan fingerprint density at radius 3 is 2.70 bits per heavy atom. The Kier molecular flexibility index (Phi) is 4.87. The highest BCUT2D eigenvalue weighted by atomic mass is 16.6. The molecule has 0 saturated carbocycles. The van der Waals surface area contributed by atoms with Crippen molar-refractivity contribution >= 4 is 11.6 Å². The molecule has 1 amide bonds. The van der Waals surface area contributed by atoms with Crippen LogP contribution in [0.1, 0.15) is 55.4 Å². The maximum Gasteiger partial charge on any atom is 0.269 e. The molecule has 0 N–H and O–H groups in total. The van der Waals surface area contributed by atoms with E-state index in [1.807, 2.05) is 4.90 Å². The number of aryl methyl sites for hydroxylation is 1. The van der Waals surface area contributed by atoms with Gasteiger partial charge in [0.25, 0.3) is 5.69 Å². The van der Waals surface area contributed by atoms with Crippen molar-refractivity contribution in [3.05, 3.63) is 51.6 Å². The maximum atomic E-state index is 12.9. The third kappa shape index (κ3) is 3.56. The van der Waals surface area contributed by atoms with Crippen molar-refractivity contribution in [3.8, 4) is 0 Å². The van der Waals surface area contributed by atoms with E-state index in [-0.39, 0.29) is 24.1 Å². The average molecular weight is 369 g/mol. The smallest absolute Gasteiger partial charge is 0.269 e. The van der Waals surface area contributed by atoms with E-state index in [0.717, 1.165) is 62.4 Å². The molecule has 1 atom stereocenters. The Bertz CT molecular complexity index is 846. The van der Waals surface area contributed by atoms with Gasteiger partial charge < -0.3 is 9.47 Å². The van der Waals surface area contributed by atoms with Gasteiger partial charge in [0.15, 0.2) is 5.82 Å². The Labute approximate surface area is 157 Å². The van der Waals surface area contributed by atoms with Crippen molar-refractivity contribution in [1.82, 2.24) is 19.7 Å². The van der Waals surface area contributed by atoms with Crippen molar-refractivity contribution in [1.29, 1.82) is 0 Å². The zero-order chi connectivity index (χ0) is 18.8. The summed E-state index contributed by atoms with van der Waals surface area (Å²) in [7, 11) is 0. The molecule has 2 aliphatic rings. The first-order valence-electron chi connectivity index (χ1n) is 9.58. The highest BCUT2D eigenvalue weighted by Crippen LogP contribution is 2.33. The molecule has 0 bridgehead atoms. The number of carbonyl (C=O) groups excluding carboxylic acids is 1. The van der Waals surface area contributed by atoms with Gasteiger partial charge in [0.1, 0.15) is 5.82 Å². The molecule has 4 rings (SSSR count). The molecular weight excluding hydrogens is 346 g/mol. The predicted molar refractivity (Wildman–Crippen MR) is 98.1 cm³/mol. The number of amides is 1. The molecule has 0 unspecified atom stereocenters. The number of aromatic nitrogens is 3. The number of hydrogen-bond donors (Lipinski definition) is 0. The molecule has 2 aliphatic heterocycles. The second-order valence-corrected chi connectivity index (χ2v) is 7.28. The predicted octanol–water partition coefficient (Wildman–Crippen LogP) is 2.82. The van der Waals surface area contributed by atoms with Crippen LogP contribution in [0, 0.1) is 10.1 Å². The lowest BCUT2D eigenvalue weighted by Gasteiger charge is -2.25. The average Bonchev–Trinajstić information content (AvgIpc) is 3.23. The first kappa shape index (κ1) is 17.6. The first-order valence-corrected chi connectivity index (χ1v) is 9.58. The summed E-state index contributed by atoms with van der Waals surface area (Å²) in [6.07, 6.45) is 6.54. The molecule has 142 valence electrons. The van der Waals surface area contributed by atoms with Gasteiger partial charge in [-0.05, 0) is 31.2 Å². The fourth-order valence-electron chi connectivity index (χ4n) is 4.10. The molecule has 8 heteroatoms. The first-order chi connectivity index (χ1) is 13.1. The molecular formula is C19H23N5O3. The summed E-state index contributed by atoms with van der Waals surface area (Å²) in [6, 6.07) is 6.19. The fraction of sp³-hybridized carbons (Fsp3) is 0.526. The van der Waals surface area contributed by atoms with E-state index in [1.54, 1.807) is 12.1 Å². The lowest BCUT2D eigenvalue weighted by atomic mass is 10.1. The van der Waals surface area contributed by atoms with Gasteiger partial charge in [-0.3, -0.25) is 14.9 Å². The Morgan fingerprint density at radius 2 is 1.93 bits per heavy atom. The normalized spacial score (nSPS) is 19.6. The minimum atomic E-state index is -0.431. The standard InChI is InChI=1S/C19H23N5O3/c25-18(13-14-7-9-15(10-8-14)24(26)27)22-12-4-5-16(22)19-21-20-17-6-2-1-3-11-23(17)19/h7-10,16H,1-6,11-13H2/t16-/m0/s1. The lowest BCUT2D eigenvalue weighted by molar-refractivity contribution is -0.384. The molecule has 3 heterocycles. The van der Waals surface area contributed by atoms with E-state index in [9.17, 15) is 14.9 Å². The summed E-state index contributed by atoms with van der Waals surface area (Å²) < 4.78 is 2.22. The third-order valence-electron chi connectivity index (χ3n) is 5.51. The van der Waals surface area contributed by atoms with Crippen LogP contribution in [0.25, 0.3) is 0 Å². The molecule has 0 radical (unpaired) electrons. The molecule has 1 aromatic carbocycles. The summed E-state index contributed by atoms with van der Waals surface area (Å²) in [4.78, 5) is 25.2. The molecule has 1 aromatic heterocycles. The van der Waals surface area contributed by atoms with Crippen LogP contribution in [0.5, 0.6) is 0 Å². The molecule has 27 heavy (non-hydrogen) atoms. The summed E-state index contributed by atoms with van der Waals surface area (Å²) in [6.45, 7) is 1.65. The van der Waals surface area contributed by atoms with E-state index >= 15 is 0 Å². The molecule has 1 fully saturated rings. The molecule has 2 aromatic rings. The van der Waals surface area contributed by atoms with E-state index in [0.29, 0.717) is 0 Å². The van der Waals surface area contributed by atoms with Gasteiger partial charge in [0, 0.05) is 31.6 Å². The van der Waals surface area contributed by atoms with Crippen LogP contribution in [-0.4, -0.2) is 37.0 Å². The number of non-ortho nitro benzene ring substituents is 1. The minimum absolute atomic E-state index is 0.0186. The number of fused-ring (bicyclic) bond motifs is 1. The van der Waals surface area contributed by atoms with Crippen LogP contribution in [0.15, 0.2) is 24.3 Å². The molecule has 8 nitrogen and oxygen atoms in total. The molecule has 0 spiro atoms. The van der Waals surface area contributed by atoms with Gasteiger partial charge in [0.2, 0.25) is 5.91 Å². The summed E-state index contributed by atoms with van der Waals surface area (Å²) >= 11 is 0. The Morgan fingerprint density at radius 1 is 1.11 bits per heavy atom. The molecule has 0 aliphatic carbocycles. The highest BCUT2D eigenvalue weighted by molar-refractivity contribution is 5.79. The van der Waals surface area contributed by atoms with Gasteiger partial charge in [-0.25, -0.2) is 0 Å². The zero-order valence-electron chi connectivity index (χ0n) is 15.2. The number of nitro benzene ring substituents is 1. The summed E-state index contributed by atoms with van der Waals surface area (Å²) in [5.74, 6) is 2.00. The number of benzene rings is 1. The van der Waals surface area contributed by atoms with E-state index in [4.69, 9.17) is 0 Å². The monoisotopic (exact) mass is 369 g/mol. The van der Waals surface area contributed by atoms with E-state index < -0.39 is 4.92 Å². The van der Waals surface area contributed by atoms with Gasteiger partial charge in [-0.1, -0.05) is 18.6 Å². The molecule has 1 saturated heterocycles. The number of rotatable bonds is 4. The summed E-state index contributed by atoms with van der Waals surface area (Å²) in [5.41, 5.74) is 0.827. The van der Waals surface area contributed by atoms with Crippen molar-refractivity contribution in [2.75, 3.05) is 6.54 Å². The third-order valence-corrected chi connectivity index (χ3v) is 5.51. The summed E-state index contributed by atoms with van der Waals surface area (Å²) in [5, 5.41) is 19.6. The quantitative estimate of drug-likeness (QED) is 0.610. The van der Waals surface area contributed by atoms with Gasteiger partial charge in [-0.15, -0.1) is 10.2 Å². The van der Waals surface area contributed by atoms with Crippen molar-refractivity contribution in [2.24, 2.45) is 0 Å². The number of nitro groups is 1. The van der Waals surface area contributed by atoms with Crippen molar-refractivity contribution in [3.63, 3.8) is 0 Å². The van der Waals surface area contributed by atoms with Gasteiger partial charge in [-0.2, -0.15) is 0 Å². The van der Waals surface area contributed by atoms with Crippen LogP contribution >= 0.6 is 0 Å². The Hall–Kier alpha value is -2.77. The Balaban J connectivity index is 1.50. The lowest BCUT2D eigenvalue weighted by Crippen LogP contribution is -2.33. The van der Waals surface area contributed by atoms with Crippen LogP contribution < -0.4 is 0 Å². The van der Waals surface area contributed by atoms with Crippen molar-refractivity contribution < 1.29 is 9.72 Å². The fourth-order valence-corrected chi connectivity index (χ4v) is 4.10.